The predicted octanol–water partition coefficient (Wildman–Crippen LogP) is 18.7. The molecule has 0 radical (unpaired) electrons. The van der Waals surface area contributed by atoms with Crippen molar-refractivity contribution < 1.29 is 30.3 Å². The van der Waals surface area contributed by atoms with E-state index in [1.54, 1.807) is 0 Å². The van der Waals surface area contributed by atoms with Crippen molar-refractivity contribution in [2.45, 2.75) is 138 Å². The first-order valence-electron chi connectivity index (χ1n) is 27.3. The van der Waals surface area contributed by atoms with E-state index < -0.39 is 17.7 Å². The fourth-order valence-electron chi connectivity index (χ4n) is 9.90. The van der Waals surface area contributed by atoms with Crippen molar-refractivity contribution >= 4 is 11.0 Å². The smallest absolute Gasteiger partial charge is 0.148 e. The van der Waals surface area contributed by atoms with E-state index in [-0.39, 0.29) is 48.6 Å². The monoisotopic (exact) mass is 1160 g/mol. The van der Waals surface area contributed by atoms with Crippen LogP contribution in [0.1, 0.15) is 141 Å². The minimum absolute atomic E-state index is 0. The van der Waals surface area contributed by atoms with E-state index in [4.69, 9.17) is 14.1 Å². The molecular weight excluding hydrogens is 1080 g/mol. The van der Waals surface area contributed by atoms with E-state index in [1.807, 2.05) is 24.4 Å². The van der Waals surface area contributed by atoms with Gasteiger partial charge < -0.3 is 5.11 Å². The second-order valence-electron chi connectivity index (χ2n) is 25.2. The van der Waals surface area contributed by atoms with Gasteiger partial charge in [0, 0.05) is 48.2 Å². The molecule has 0 saturated carbocycles. The van der Waals surface area contributed by atoms with Crippen molar-refractivity contribution in [2.24, 2.45) is 0 Å². The molecule has 7 aromatic carbocycles. The molecule has 74 heavy (non-hydrogen) atoms. The van der Waals surface area contributed by atoms with E-state index in [0.29, 0.717) is 22.6 Å². The maximum absolute atomic E-state index is 12.8. The minimum Gasteiger partial charge on any atom is -0.507 e. The number of hydrogen-bond donors (Lipinski definition) is 1. The van der Waals surface area contributed by atoms with Crippen molar-refractivity contribution in [2.75, 3.05) is 0 Å². The molecule has 0 spiro atoms. The molecule has 382 valence electrons. The van der Waals surface area contributed by atoms with E-state index >= 15 is 0 Å². The Morgan fingerprint density at radius 1 is 0.473 bits per heavy atom. The zero-order valence-corrected chi connectivity index (χ0v) is 48.3. The predicted molar refractivity (Wildman–Crippen MR) is 310 cm³/mol. The quantitative estimate of drug-likeness (QED) is 0.162. The molecule has 9 aromatic rings. The molecule has 0 unspecified atom stereocenters. The number of rotatable bonds is 7. The van der Waals surface area contributed by atoms with Crippen LogP contribution in [0.2, 0.25) is 0 Å². The van der Waals surface area contributed by atoms with Crippen molar-refractivity contribution in [1.29, 1.82) is 0 Å². The number of imidazole rings is 1. The summed E-state index contributed by atoms with van der Waals surface area (Å²) in [7, 11) is 0. The van der Waals surface area contributed by atoms with Crippen molar-refractivity contribution in [3.8, 4) is 78.6 Å². The molecule has 0 aliphatic rings. The zero-order chi connectivity index (χ0) is 55.1. The van der Waals surface area contributed by atoms with Crippen LogP contribution >= 0.6 is 0 Å². The summed E-state index contributed by atoms with van der Waals surface area (Å²) in [6.07, 6.45) is 1.87. The summed E-state index contributed by atoms with van der Waals surface area (Å²) >= 11 is 0. The molecule has 0 atom stereocenters. The molecular formula is C69H74N3OPt-. The summed E-state index contributed by atoms with van der Waals surface area (Å²) in [4.78, 5) is 10.7. The minimum atomic E-state index is -2.45. The molecule has 5 heteroatoms. The van der Waals surface area contributed by atoms with Crippen LogP contribution < -0.4 is 0 Å². The summed E-state index contributed by atoms with van der Waals surface area (Å²) < 4.78 is 29.3. The van der Waals surface area contributed by atoms with Gasteiger partial charge in [-0.15, -0.1) is 23.8 Å². The fraction of sp³-hybridized carbons (Fsp3) is 0.304. The third-order valence-electron chi connectivity index (χ3n) is 14.3. The Hall–Kier alpha value is -6.35. The second-order valence-corrected chi connectivity index (χ2v) is 25.2. The summed E-state index contributed by atoms with van der Waals surface area (Å²) in [6.45, 7) is 30.0. The average molecular weight is 1160 g/mol. The number of fused-ring (bicyclic) bond motifs is 1. The number of aromatic hydroxyl groups is 1. The van der Waals surface area contributed by atoms with Gasteiger partial charge in [-0.3, -0.25) is 9.55 Å². The van der Waals surface area contributed by atoms with Gasteiger partial charge in [0.25, 0.3) is 0 Å². The molecule has 0 bridgehead atoms. The van der Waals surface area contributed by atoms with Gasteiger partial charge in [0.1, 0.15) is 11.6 Å². The van der Waals surface area contributed by atoms with E-state index in [1.165, 1.54) is 11.1 Å². The number of aromatic nitrogens is 3. The molecule has 0 aliphatic carbocycles. The average Bonchev–Trinajstić information content (AvgIpc) is 3.90. The topological polar surface area (TPSA) is 50.9 Å². The van der Waals surface area contributed by atoms with E-state index in [9.17, 15) is 5.11 Å². The van der Waals surface area contributed by atoms with Crippen LogP contribution in [0.5, 0.6) is 5.75 Å². The summed E-state index contributed by atoms with van der Waals surface area (Å²) in [5, 5.41) is 12.8. The van der Waals surface area contributed by atoms with Crippen LogP contribution in [0.15, 0.2) is 152 Å². The van der Waals surface area contributed by atoms with Crippen molar-refractivity contribution in [3.63, 3.8) is 0 Å². The Kier molecular flexibility index (Phi) is 13.3. The van der Waals surface area contributed by atoms with Gasteiger partial charge in [-0.1, -0.05) is 224 Å². The molecule has 0 aliphatic heterocycles. The van der Waals surface area contributed by atoms with Crippen molar-refractivity contribution in [1.82, 2.24) is 14.5 Å². The first-order valence-corrected chi connectivity index (χ1v) is 25.8. The second kappa shape index (κ2) is 19.7. The van der Waals surface area contributed by atoms with Crippen LogP contribution in [0.3, 0.4) is 0 Å². The summed E-state index contributed by atoms with van der Waals surface area (Å²) in [5.41, 5.74) is 15.9. The number of nitrogens with zero attached hydrogens (tertiary/aromatic N) is 3. The van der Waals surface area contributed by atoms with Gasteiger partial charge in [-0.25, -0.2) is 4.98 Å². The Morgan fingerprint density at radius 3 is 1.64 bits per heavy atom. The Morgan fingerprint density at radius 2 is 1.05 bits per heavy atom. The number of phenolic OH excluding ortho intramolecular Hbond substituents is 1. The Labute approximate surface area is 460 Å². The zero-order valence-electron chi connectivity index (χ0n) is 49.0. The standard InChI is InChI=1S/C69H74N3O.Pt/c1-43-35-61(55(42-57(43)68(11,12)13)46-27-31-52(32-28-46)66(5,6)7)72-60-24-20-23-54(62(60)71-64(72)56-40-53(67(8,9)10)41-58(63(56)73)69(14,15)16)49-36-48(44-21-18-17-19-22-44)37-50(38-49)59-39-47(33-34-70-59)45-25-29-51(30-26-45)65(2,3)4;/h17-37,39-42,73H,1-16H3;/q-1;/i1D3;. The van der Waals surface area contributed by atoms with Gasteiger partial charge in [-0.05, 0) is 114 Å². The maximum Gasteiger partial charge on any atom is 0.148 e. The Balaban J connectivity index is 0.00000784. The van der Waals surface area contributed by atoms with E-state index in [0.717, 1.165) is 78.0 Å². The fourth-order valence-corrected chi connectivity index (χ4v) is 9.90. The number of pyridine rings is 1. The first-order chi connectivity index (χ1) is 35.4. The number of hydrogen-bond acceptors (Lipinski definition) is 3. The molecule has 4 nitrogen and oxygen atoms in total. The van der Waals surface area contributed by atoms with Crippen LogP contribution in [0, 0.1) is 12.9 Å². The number of benzene rings is 7. The van der Waals surface area contributed by atoms with Crippen LogP contribution in [0.4, 0.5) is 0 Å². The number of para-hydroxylation sites is 1. The molecule has 0 amide bonds. The van der Waals surface area contributed by atoms with Crippen LogP contribution in [-0.4, -0.2) is 19.6 Å². The van der Waals surface area contributed by atoms with E-state index in [2.05, 4.69) is 242 Å². The third kappa shape index (κ3) is 10.8. The molecule has 0 saturated heterocycles. The van der Waals surface area contributed by atoms with Crippen LogP contribution in [-0.2, 0) is 48.1 Å². The number of phenols is 1. The van der Waals surface area contributed by atoms with Crippen molar-refractivity contribution in [3.05, 3.63) is 191 Å². The molecule has 0 fully saturated rings. The molecule has 1 N–H and O–H groups in total. The SMILES string of the molecule is [2H]C([2H])([2H])c1cc(-n2c(-c3cc(C(C)(C)C)cc(C(C)(C)C)c3O)nc3c(-c4[c-]c(-c5cc(-c6ccc(C(C)(C)C)cc6)ccn5)cc(-c5ccccc5)c4)cccc32)c(-c2ccc(C(C)(C)C)cc2)cc1C(C)(C)C.[Pt]. The third-order valence-corrected chi connectivity index (χ3v) is 14.3. The van der Waals surface area contributed by atoms with Gasteiger partial charge in [-0.2, -0.15) is 0 Å². The molecule has 2 aromatic heterocycles. The van der Waals surface area contributed by atoms with Gasteiger partial charge in [0.05, 0.1) is 22.3 Å². The van der Waals surface area contributed by atoms with Gasteiger partial charge in [0.2, 0.25) is 0 Å². The Bertz CT molecular complexity index is 3630. The molecule has 9 rings (SSSR count). The van der Waals surface area contributed by atoms with Crippen LogP contribution in [0.25, 0.3) is 83.9 Å². The first kappa shape index (κ1) is 49.8. The van der Waals surface area contributed by atoms with Gasteiger partial charge in [0.15, 0.2) is 0 Å². The summed E-state index contributed by atoms with van der Waals surface area (Å²) in [5.74, 6) is 0.631. The largest absolute Gasteiger partial charge is 0.507 e. The summed E-state index contributed by atoms with van der Waals surface area (Å²) in [6, 6.07) is 54.5. The number of aryl methyl sites for hydroxylation is 1. The normalized spacial score (nSPS) is 13.3. The molecule has 2 heterocycles. The maximum atomic E-state index is 12.8. The van der Waals surface area contributed by atoms with Gasteiger partial charge >= 0.3 is 0 Å².